The lowest BCUT2D eigenvalue weighted by Gasteiger charge is -2.14. The van der Waals surface area contributed by atoms with Crippen LogP contribution in [0.3, 0.4) is 0 Å². The molecule has 0 aliphatic rings. The first-order valence-corrected chi connectivity index (χ1v) is 11.7. The number of aromatic amines is 2. The van der Waals surface area contributed by atoms with Gasteiger partial charge >= 0.3 is 0 Å². The van der Waals surface area contributed by atoms with Gasteiger partial charge in [0.25, 0.3) is 0 Å². The Morgan fingerprint density at radius 3 is 2.61 bits per heavy atom. The third kappa shape index (κ3) is 4.84. The molecule has 0 radical (unpaired) electrons. The van der Waals surface area contributed by atoms with E-state index < -0.39 is 0 Å². The molecule has 4 aromatic rings. The lowest BCUT2D eigenvalue weighted by Crippen LogP contribution is -2.23. The Labute approximate surface area is 210 Å². The van der Waals surface area contributed by atoms with Crippen LogP contribution < -0.4 is 10.6 Å². The van der Waals surface area contributed by atoms with Crippen molar-refractivity contribution in [3.63, 3.8) is 0 Å². The quantitative estimate of drug-likeness (QED) is 0.346. The van der Waals surface area contributed by atoms with Crippen LogP contribution in [0.15, 0.2) is 91.0 Å². The highest BCUT2D eigenvalue weighted by Gasteiger charge is 2.13. The summed E-state index contributed by atoms with van der Waals surface area (Å²) in [6.45, 7) is 12.2. The Morgan fingerprint density at radius 2 is 1.94 bits per heavy atom. The number of benzene rings is 1. The van der Waals surface area contributed by atoms with Crippen LogP contribution in [0, 0.1) is 5.82 Å². The van der Waals surface area contributed by atoms with E-state index in [9.17, 15) is 4.39 Å². The fourth-order valence-electron chi connectivity index (χ4n) is 4.15. The number of H-pyrrole nitrogens is 2. The van der Waals surface area contributed by atoms with Crippen molar-refractivity contribution in [1.29, 1.82) is 0 Å². The second-order valence-electron chi connectivity index (χ2n) is 8.61. The zero-order chi connectivity index (χ0) is 25.8. The molecule has 3 heterocycles. The van der Waals surface area contributed by atoms with E-state index >= 15 is 0 Å². The summed E-state index contributed by atoms with van der Waals surface area (Å²) in [6, 6.07) is 8.57. The number of hydrogen-bond acceptors (Lipinski definition) is 3. The average molecular weight is 480 g/mol. The maximum atomic E-state index is 13.9. The van der Waals surface area contributed by atoms with E-state index in [0.717, 1.165) is 60.8 Å². The Kier molecular flexibility index (Phi) is 7.15. The molecule has 5 nitrogen and oxygen atoms in total. The molecule has 182 valence electrons. The second kappa shape index (κ2) is 10.4. The third-order valence-corrected chi connectivity index (χ3v) is 6.09. The molecule has 36 heavy (non-hydrogen) atoms. The van der Waals surface area contributed by atoms with Gasteiger partial charge in [0.1, 0.15) is 11.5 Å². The molecule has 0 unspecified atom stereocenters. The van der Waals surface area contributed by atoms with Crippen LogP contribution in [0.4, 0.5) is 4.39 Å². The number of aromatic nitrogens is 4. The summed E-state index contributed by atoms with van der Waals surface area (Å²) >= 11 is 0. The van der Waals surface area contributed by atoms with Crippen molar-refractivity contribution in [2.75, 3.05) is 14.1 Å². The molecule has 0 saturated carbocycles. The van der Waals surface area contributed by atoms with Crippen molar-refractivity contribution in [2.24, 2.45) is 0 Å². The van der Waals surface area contributed by atoms with Crippen LogP contribution in [-0.2, 0) is 0 Å². The van der Waals surface area contributed by atoms with Gasteiger partial charge in [-0.05, 0) is 67.0 Å². The average Bonchev–Trinajstić information content (AvgIpc) is 3.47. The van der Waals surface area contributed by atoms with Crippen LogP contribution in [0.25, 0.3) is 45.6 Å². The highest BCUT2D eigenvalue weighted by atomic mass is 19.1. The summed E-state index contributed by atoms with van der Waals surface area (Å²) in [6.07, 6.45) is 13.4. The molecule has 0 amide bonds. The van der Waals surface area contributed by atoms with Crippen LogP contribution in [0.5, 0.6) is 0 Å². The monoisotopic (exact) mass is 479 g/mol. The van der Waals surface area contributed by atoms with E-state index in [-0.39, 0.29) is 5.82 Å². The summed E-state index contributed by atoms with van der Waals surface area (Å²) in [4.78, 5) is 9.81. The highest BCUT2D eigenvalue weighted by Crippen LogP contribution is 2.30. The lowest BCUT2D eigenvalue weighted by atomic mass is 10.0. The number of allylic oxidation sites excluding steroid dienone is 5. The van der Waals surface area contributed by atoms with Crippen LogP contribution in [0.2, 0.25) is 0 Å². The fraction of sp³-hybridized carbons (Fsp3) is 0.133. The van der Waals surface area contributed by atoms with Gasteiger partial charge in [-0.3, -0.25) is 10.1 Å². The van der Waals surface area contributed by atoms with Gasteiger partial charge in [0, 0.05) is 42.2 Å². The molecule has 4 rings (SSSR count). The number of likely N-dealkylation sites (N-methyl/N-ethyl adjacent to an activating group) is 1. The predicted molar refractivity (Wildman–Crippen MR) is 148 cm³/mol. The smallest absolute Gasteiger partial charge is 0.123 e. The van der Waals surface area contributed by atoms with E-state index in [1.165, 1.54) is 12.1 Å². The molecule has 0 aliphatic heterocycles. The molecule has 0 atom stereocenters. The normalized spacial score (nSPS) is 13.5. The minimum absolute atomic E-state index is 0.284. The largest absolute Gasteiger partial charge is 0.378 e. The maximum Gasteiger partial charge on any atom is 0.123 e. The predicted octanol–water partition coefficient (Wildman–Crippen LogP) is 5.47. The summed E-state index contributed by atoms with van der Waals surface area (Å²) in [5.41, 5.74) is 6.89. The van der Waals surface area contributed by atoms with E-state index in [1.54, 1.807) is 18.5 Å². The Bertz CT molecular complexity index is 1630. The van der Waals surface area contributed by atoms with Crippen LogP contribution in [-0.4, -0.2) is 39.2 Å². The van der Waals surface area contributed by atoms with Gasteiger partial charge in [0.05, 0.1) is 22.8 Å². The molecule has 0 spiro atoms. The van der Waals surface area contributed by atoms with Crippen molar-refractivity contribution in [2.45, 2.75) is 13.8 Å². The summed E-state index contributed by atoms with van der Waals surface area (Å²) in [5.74, 6) is -0.284. The van der Waals surface area contributed by atoms with Crippen molar-refractivity contribution >= 4 is 23.1 Å². The van der Waals surface area contributed by atoms with Gasteiger partial charge in [-0.15, -0.1) is 0 Å². The standard InChI is InChI=1S/C30H30FN5/c1-7-20(15-23(8-2)36(5)6)19(4)13-25-27(9-3)34-35-30(25)28-16-24-26(17-32-18-29(24)33-28)21-11-10-12-22(31)14-21/h7-18,33-34H,2,4H2,1,3,5-6H3/b20-7+,23-15+,25-13+,27-9+. The van der Waals surface area contributed by atoms with Gasteiger partial charge in [-0.2, -0.15) is 5.10 Å². The van der Waals surface area contributed by atoms with Crippen molar-refractivity contribution < 1.29 is 4.39 Å². The highest BCUT2D eigenvalue weighted by molar-refractivity contribution is 5.97. The second-order valence-corrected chi connectivity index (χ2v) is 8.61. The van der Waals surface area contributed by atoms with E-state index in [0.29, 0.717) is 0 Å². The molecule has 6 heteroatoms. The first-order chi connectivity index (χ1) is 17.4. The zero-order valence-corrected chi connectivity index (χ0v) is 21.1. The first kappa shape index (κ1) is 24.7. The zero-order valence-electron chi connectivity index (χ0n) is 21.1. The molecular formula is C30H30FN5. The van der Waals surface area contributed by atoms with Crippen LogP contribution >= 0.6 is 0 Å². The maximum absolute atomic E-state index is 13.9. The van der Waals surface area contributed by atoms with Crippen LogP contribution in [0.1, 0.15) is 13.8 Å². The number of rotatable bonds is 7. The van der Waals surface area contributed by atoms with Crippen molar-refractivity contribution in [1.82, 2.24) is 25.1 Å². The number of nitrogens with one attached hydrogen (secondary N) is 2. The van der Waals surface area contributed by atoms with Gasteiger partial charge < -0.3 is 9.88 Å². The van der Waals surface area contributed by atoms with Gasteiger partial charge in [-0.1, -0.05) is 37.4 Å². The van der Waals surface area contributed by atoms with Gasteiger partial charge in [0.2, 0.25) is 0 Å². The SMILES string of the molecule is C=C/C(=C\C(=C/C)C(=C)/C=c1/c(-c2cc3c(-c4cccc(F)c4)cncc3[nH]2)n[nH]/c1=C/C)N(C)C. The van der Waals surface area contributed by atoms with Gasteiger partial charge in [-0.25, -0.2) is 4.39 Å². The number of nitrogens with zero attached hydrogens (tertiary/aromatic N) is 3. The molecule has 1 aromatic carbocycles. The van der Waals surface area contributed by atoms with E-state index in [1.807, 2.05) is 69.3 Å². The summed E-state index contributed by atoms with van der Waals surface area (Å²) < 4.78 is 13.9. The number of halogens is 1. The lowest BCUT2D eigenvalue weighted by molar-refractivity contribution is 0.530. The minimum Gasteiger partial charge on any atom is -0.378 e. The number of fused-ring (bicyclic) bond motifs is 1. The first-order valence-electron chi connectivity index (χ1n) is 11.7. The van der Waals surface area contributed by atoms with Crippen molar-refractivity contribution in [3.05, 3.63) is 107 Å². The molecule has 3 aromatic heterocycles. The molecule has 2 N–H and O–H groups in total. The number of hydrogen-bond donors (Lipinski definition) is 2. The molecular weight excluding hydrogens is 449 g/mol. The van der Waals surface area contributed by atoms with Crippen molar-refractivity contribution in [3.8, 4) is 22.5 Å². The van der Waals surface area contributed by atoms with E-state index in [2.05, 4.69) is 39.4 Å². The molecule has 0 fully saturated rings. The fourth-order valence-corrected chi connectivity index (χ4v) is 4.15. The molecule has 0 bridgehead atoms. The Morgan fingerprint density at radius 1 is 1.14 bits per heavy atom. The Balaban J connectivity index is 1.85. The summed E-state index contributed by atoms with van der Waals surface area (Å²) in [7, 11) is 3.96. The van der Waals surface area contributed by atoms with E-state index in [4.69, 9.17) is 0 Å². The minimum atomic E-state index is -0.284. The molecule has 0 saturated heterocycles. The topological polar surface area (TPSA) is 60.6 Å². The molecule has 0 aliphatic carbocycles. The summed E-state index contributed by atoms with van der Waals surface area (Å²) in [5, 5.41) is 10.5. The Hall–Kier alpha value is -4.45. The number of pyridine rings is 1. The third-order valence-electron chi connectivity index (χ3n) is 6.09. The van der Waals surface area contributed by atoms with Gasteiger partial charge in [0.15, 0.2) is 0 Å².